The molecule has 2 aliphatic rings. The van der Waals surface area contributed by atoms with Gasteiger partial charge in [-0.2, -0.15) is 0 Å². The lowest BCUT2D eigenvalue weighted by Gasteiger charge is -2.28. The molecule has 124 valence electrons. The van der Waals surface area contributed by atoms with E-state index in [4.69, 9.17) is 4.74 Å². The van der Waals surface area contributed by atoms with E-state index in [1.54, 1.807) is 12.1 Å². The Balaban J connectivity index is 1.44. The summed E-state index contributed by atoms with van der Waals surface area (Å²) in [7, 11) is 0. The van der Waals surface area contributed by atoms with Gasteiger partial charge in [0.15, 0.2) is 6.10 Å². The largest absolute Gasteiger partial charge is 0.448 e. The highest BCUT2D eigenvalue weighted by molar-refractivity contribution is 5.95. The minimum absolute atomic E-state index is 0.00410. The summed E-state index contributed by atoms with van der Waals surface area (Å²) >= 11 is 0. The molecule has 3 heterocycles. The summed E-state index contributed by atoms with van der Waals surface area (Å²) in [5.41, 5.74) is 1.40. The predicted molar refractivity (Wildman–Crippen MR) is 84.4 cm³/mol. The molecule has 0 spiro atoms. The van der Waals surface area contributed by atoms with Crippen molar-refractivity contribution in [2.75, 3.05) is 0 Å². The Hall–Kier alpha value is -2.70. The Morgan fingerprint density at radius 2 is 2.17 bits per heavy atom. The highest BCUT2D eigenvalue weighted by Gasteiger charge is 2.33. The van der Waals surface area contributed by atoms with E-state index in [0.29, 0.717) is 18.5 Å². The Morgan fingerprint density at radius 1 is 1.33 bits per heavy atom. The first-order valence-corrected chi connectivity index (χ1v) is 8.10. The van der Waals surface area contributed by atoms with Crippen molar-refractivity contribution in [2.45, 2.75) is 44.9 Å². The molecule has 1 amide bonds. The molecule has 4 rings (SSSR count). The molecule has 1 aromatic heterocycles. The molecular weight excluding hydrogens is 308 g/mol. The molecule has 1 N–H and O–H groups in total. The van der Waals surface area contributed by atoms with E-state index in [9.17, 15) is 9.59 Å². The second kappa shape index (κ2) is 5.74. The zero-order valence-electron chi connectivity index (χ0n) is 13.4. The van der Waals surface area contributed by atoms with Gasteiger partial charge in [0, 0.05) is 25.4 Å². The molecule has 0 fully saturated rings. The van der Waals surface area contributed by atoms with Gasteiger partial charge < -0.3 is 14.6 Å². The van der Waals surface area contributed by atoms with Crippen LogP contribution in [0.2, 0.25) is 0 Å². The van der Waals surface area contributed by atoms with Gasteiger partial charge in [0.05, 0.1) is 5.56 Å². The third kappa shape index (κ3) is 2.55. The lowest BCUT2D eigenvalue weighted by atomic mass is 9.98. The van der Waals surface area contributed by atoms with Crippen LogP contribution in [0, 0.1) is 6.92 Å². The second-order valence-corrected chi connectivity index (χ2v) is 6.27. The van der Waals surface area contributed by atoms with Gasteiger partial charge in [-0.3, -0.25) is 4.79 Å². The van der Waals surface area contributed by atoms with Gasteiger partial charge in [0.1, 0.15) is 11.6 Å². The van der Waals surface area contributed by atoms with E-state index >= 15 is 0 Å². The number of ether oxygens (including phenoxy) is 1. The Bertz CT molecular complexity index is 814. The normalized spacial score (nSPS) is 22.3. The fourth-order valence-corrected chi connectivity index (χ4v) is 3.35. The average molecular weight is 326 g/mol. The number of carbonyl (C=O) groups is 2. The van der Waals surface area contributed by atoms with E-state index in [1.807, 2.05) is 23.6 Å². The summed E-state index contributed by atoms with van der Waals surface area (Å²) in [5, 5.41) is 11.2. The maximum atomic E-state index is 12.5. The molecule has 0 unspecified atom stereocenters. The lowest BCUT2D eigenvalue weighted by molar-refractivity contribution is -0.131. The molecule has 0 saturated carbocycles. The Morgan fingerprint density at radius 3 is 3.04 bits per heavy atom. The number of aryl methyl sites for hydroxylation is 2. The van der Waals surface area contributed by atoms with Crippen molar-refractivity contribution < 1.29 is 14.3 Å². The first-order chi connectivity index (χ1) is 11.6. The summed E-state index contributed by atoms with van der Waals surface area (Å²) in [4.78, 5) is 24.6. The van der Waals surface area contributed by atoms with Crippen molar-refractivity contribution in [3.8, 4) is 0 Å². The van der Waals surface area contributed by atoms with Gasteiger partial charge >= 0.3 is 5.97 Å². The minimum atomic E-state index is -0.768. The monoisotopic (exact) mass is 326 g/mol. The van der Waals surface area contributed by atoms with Crippen LogP contribution in [0.4, 0.5) is 0 Å². The van der Waals surface area contributed by atoms with Crippen LogP contribution in [-0.2, 0) is 28.9 Å². The molecule has 24 heavy (non-hydrogen) atoms. The first kappa shape index (κ1) is 14.9. The zero-order chi connectivity index (χ0) is 16.7. The molecule has 7 heteroatoms. The summed E-state index contributed by atoms with van der Waals surface area (Å²) in [6.45, 7) is 2.55. The Labute approximate surface area is 139 Å². The summed E-state index contributed by atoms with van der Waals surface area (Å²) in [6.07, 6.45) is 1.23. The first-order valence-electron chi connectivity index (χ1n) is 8.10. The van der Waals surface area contributed by atoms with Crippen LogP contribution in [-0.4, -0.2) is 38.8 Å². The second-order valence-electron chi connectivity index (χ2n) is 6.27. The number of fused-ring (bicyclic) bond motifs is 2. The van der Waals surface area contributed by atoms with Crippen molar-refractivity contribution in [1.82, 2.24) is 20.1 Å². The Kier molecular flexibility index (Phi) is 3.55. The van der Waals surface area contributed by atoms with Crippen molar-refractivity contribution in [3.05, 3.63) is 47.0 Å². The number of benzene rings is 1. The number of rotatable bonds is 2. The molecule has 0 aliphatic carbocycles. The third-order valence-electron chi connectivity index (χ3n) is 4.66. The number of carbonyl (C=O) groups excluding carboxylic acids is 2. The number of aromatic nitrogens is 3. The SMILES string of the molecule is Cc1nnc2n1C[C@@H](NC(=O)[C@H]1Cc3ccccc3C(=O)O1)CC2. The molecule has 2 aliphatic heterocycles. The number of hydrogen-bond donors (Lipinski definition) is 1. The number of hydrogen-bond acceptors (Lipinski definition) is 5. The smallest absolute Gasteiger partial charge is 0.339 e. The summed E-state index contributed by atoms with van der Waals surface area (Å²) < 4.78 is 7.34. The van der Waals surface area contributed by atoms with Gasteiger partial charge in [-0.1, -0.05) is 18.2 Å². The van der Waals surface area contributed by atoms with Gasteiger partial charge in [-0.25, -0.2) is 4.79 Å². The number of amides is 1. The van der Waals surface area contributed by atoms with Gasteiger partial charge in [0.2, 0.25) is 0 Å². The summed E-state index contributed by atoms with van der Waals surface area (Å²) in [6, 6.07) is 7.24. The molecular formula is C17H18N4O3. The molecule has 2 atom stereocenters. The van der Waals surface area contributed by atoms with Crippen LogP contribution < -0.4 is 5.32 Å². The number of nitrogens with one attached hydrogen (secondary N) is 1. The highest BCUT2D eigenvalue weighted by Crippen LogP contribution is 2.21. The van der Waals surface area contributed by atoms with E-state index in [0.717, 1.165) is 30.1 Å². The van der Waals surface area contributed by atoms with Crippen LogP contribution in [0.3, 0.4) is 0 Å². The standard InChI is InChI=1S/C17H18N4O3/c1-10-19-20-15-7-6-12(9-21(10)15)18-16(22)14-8-11-4-2-3-5-13(11)17(23)24-14/h2-5,12,14H,6-9H2,1H3,(H,18,22)/t12-,14+/m0/s1. The fraction of sp³-hybridized carbons (Fsp3) is 0.412. The number of cyclic esters (lactones) is 1. The van der Waals surface area contributed by atoms with Crippen molar-refractivity contribution in [1.29, 1.82) is 0 Å². The topological polar surface area (TPSA) is 86.1 Å². The molecule has 7 nitrogen and oxygen atoms in total. The number of nitrogens with zero attached hydrogens (tertiary/aromatic N) is 3. The lowest BCUT2D eigenvalue weighted by Crippen LogP contribution is -2.48. The van der Waals surface area contributed by atoms with Crippen LogP contribution in [0.5, 0.6) is 0 Å². The van der Waals surface area contributed by atoms with Crippen LogP contribution in [0.1, 0.15) is 34.0 Å². The van der Waals surface area contributed by atoms with E-state index in [1.165, 1.54) is 0 Å². The molecule has 0 saturated heterocycles. The molecule has 0 bridgehead atoms. The van der Waals surface area contributed by atoms with E-state index in [2.05, 4.69) is 15.5 Å². The highest BCUT2D eigenvalue weighted by atomic mass is 16.5. The predicted octanol–water partition coefficient (Wildman–Crippen LogP) is 0.799. The molecule has 2 aromatic rings. The van der Waals surface area contributed by atoms with Crippen molar-refractivity contribution in [3.63, 3.8) is 0 Å². The zero-order valence-corrected chi connectivity index (χ0v) is 13.4. The van der Waals surface area contributed by atoms with E-state index < -0.39 is 12.1 Å². The van der Waals surface area contributed by atoms with Crippen molar-refractivity contribution in [2.24, 2.45) is 0 Å². The van der Waals surface area contributed by atoms with E-state index in [-0.39, 0.29) is 11.9 Å². The average Bonchev–Trinajstić information content (AvgIpc) is 2.96. The fourth-order valence-electron chi connectivity index (χ4n) is 3.35. The molecule has 0 radical (unpaired) electrons. The third-order valence-corrected chi connectivity index (χ3v) is 4.66. The van der Waals surface area contributed by atoms with Gasteiger partial charge in [-0.05, 0) is 25.0 Å². The summed E-state index contributed by atoms with van der Waals surface area (Å²) in [5.74, 6) is 1.13. The van der Waals surface area contributed by atoms with Crippen LogP contribution in [0.25, 0.3) is 0 Å². The molecule has 1 aromatic carbocycles. The minimum Gasteiger partial charge on any atom is -0.448 e. The number of esters is 1. The van der Waals surface area contributed by atoms with Crippen LogP contribution >= 0.6 is 0 Å². The quantitative estimate of drug-likeness (QED) is 0.825. The van der Waals surface area contributed by atoms with Gasteiger partial charge in [0.25, 0.3) is 5.91 Å². The van der Waals surface area contributed by atoms with Crippen molar-refractivity contribution >= 4 is 11.9 Å². The van der Waals surface area contributed by atoms with Gasteiger partial charge in [-0.15, -0.1) is 10.2 Å². The maximum Gasteiger partial charge on any atom is 0.339 e. The maximum absolute atomic E-state index is 12.5. The van der Waals surface area contributed by atoms with Crippen LogP contribution in [0.15, 0.2) is 24.3 Å².